The minimum absolute atomic E-state index is 0.124. The molecule has 0 radical (unpaired) electrons. The molecule has 6 nitrogen and oxygen atoms in total. The van der Waals surface area contributed by atoms with Crippen LogP contribution in [0, 0.1) is 0 Å². The number of rotatable bonds is 47. The van der Waals surface area contributed by atoms with Gasteiger partial charge in [0, 0.05) is 19.3 Å². The van der Waals surface area contributed by atoms with Crippen molar-refractivity contribution in [2.75, 3.05) is 13.2 Å². The number of allylic oxidation sites excluding steroid dienone is 20. The van der Waals surface area contributed by atoms with Crippen LogP contribution in [-0.4, -0.2) is 37.2 Å². The molecule has 0 heterocycles. The first-order chi connectivity index (χ1) is 33.0. The van der Waals surface area contributed by atoms with E-state index in [9.17, 15) is 14.4 Å². The number of unbranched alkanes of at least 4 members (excludes halogenated alkanes) is 16. The molecule has 0 aliphatic heterocycles. The van der Waals surface area contributed by atoms with E-state index in [1.54, 1.807) is 0 Å². The minimum Gasteiger partial charge on any atom is -0.462 e. The van der Waals surface area contributed by atoms with Gasteiger partial charge in [0.05, 0.1) is 0 Å². The van der Waals surface area contributed by atoms with E-state index in [1.165, 1.54) is 77.0 Å². The Bertz CT molecular complexity index is 1440. The number of hydrogen-bond donors (Lipinski definition) is 0. The van der Waals surface area contributed by atoms with Crippen LogP contribution < -0.4 is 0 Å². The summed E-state index contributed by atoms with van der Waals surface area (Å²) < 4.78 is 16.7. The normalized spacial score (nSPS) is 13.1. The smallest absolute Gasteiger partial charge is 0.306 e. The van der Waals surface area contributed by atoms with Crippen molar-refractivity contribution in [2.45, 2.75) is 232 Å². The fourth-order valence-corrected chi connectivity index (χ4v) is 6.88. The molecule has 6 heteroatoms. The molecule has 378 valence electrons. The zero-order valence-corrected chi connectivity index (χ0v) is 43.1. The Kier molecular flexibility index (Phi) is 51.0. The molecule has 0 unspecified atom stereocenters. The van der Waals surface area contributed by atoms with E-state index in [0.717, 1.165) is 96.3 Å². The molecule has 0 spiro atoms. The minimum atomic E-state index is -0.835. The maximum atomic E-state index is 12.8. The molecule has 0 rings (SSSR count). The lowest BCUT2D eigenvalue weighted by molar-refractivity contribution is -0.166. The van der Waals surface area contributed by atoms with Crippen LogP contribution in [0.15, 0.2) is 122 Å². The van der Waals surface area contributed by atoms with E-state index in [4.69, 9.17) is 14.2 Å². The van der Waals surface area contributed by atoms with Crippen molar-refractivity contribution in [2.24, 2.45) is 0 Å². The molecular weight excluding hydrogens is 829 g/mol. The standard InChI is InChI=1S/C61H98O6/c1-4-7-10-13-16-19-22-25-28-29-30-31-34-36-39-42-45-48-51-54-60(63)66-57-58(67-61(64)55-52-49-46-43-40-37-33-27-24-21-18-15-12-9-6-3)56-65-59(62)53-50-47-44-41-38-35-32-26-23-20-17-14-11-8-5-2/h7,10,16,18-19,21,25-28,30-33,36,39-40,43,45,48,58H,4-6,8-9,11-15,17,20,22-24,29,34-35,37-38,41-42,44,46-47,49-57H2,1-3H3/b10-7-,19-16-,21-18-,28-25-,31-30-,32-26-,33-27-,39-36-,43-40-,48-45-/t58-/m0/s1. The molecule has 0 N–H and O–H groups in total. The van der Waals surface area contributed by atoms with Gasteiger partial charge in [0.2, 0.25) is 0 Å². The summed E-state index contributed by atoms with van der Waals surface area (Å²) in [6.07, 6.45) is 74.8. The lowest BCUT2D eigenvalue weighted by atomic mass is 10.1. The zero-order valence-electron chi connectivity index (χ0n) is 43.1. The molecule has 0 fully saturated rings. The highest BCUT2D eigenvalue weighted by atomic mass is 16.6. The molecule has 0 bridgehead atoms. The largest absolute Gasteiger partial charge is 0.462 e. The Labute approximate surface area is 412 Å². The Morgan fingerprint density at radius 3 is 1.07 bits per heavy atom. The summed E-state index contributed by atoms with van der Waals surface area (Å²) in [5.41, 5.74) is 0. The molecule has 0 amide bonds. The van der Waals surface area contributed by atoms with E-state index in [0.29, 0.717) is 19.3 Å². The van der Waals surface area contributed by atoms with Gasteiger partial charge in [0.25, 0.3) is 0 Å². The molecule has 1 atom stereocenters. The Balaban J connectivity index is 4.59. The van der Waals surface area contributed by atoms with Crippen LogP contribution in [0.5, 0.6) is 0 Å². The van der Waals surface area contributed by atoms with Crippen molar-refractivity contribution in [1.29, 1.82) is 0 Å². The number of ether oxygens (including phenoxy) is 3. The third kappa shape index (κ3) is 52.6. The van der Waals surface area contributed by atoms with Crippen LogP contribution in [0.1, 0.15) is 226 Å². The predicted octanol–water partition coefficient (Wildman–Crippen LogP) is 18.1. The van der Waals surface area contributed by atoms with Crippen LogP contribution in [0.2, 0.25) is 0 Å². The maximum absolute atomic E-state index is 12.8. The van der Waals surface area contributed by atoms with Gasteiger partial charge in [-0.2, -0.15) is 0 Å². The van der Waals surface area contributed by atoms with Crippen molar-refractivity contribution >= 4 is 17.9 Å². The molecule has 0 aliphatic rings. The van der Waals surface area contributed by atoms with Gasteiger partial charge in [-0.1, -0.05) is 206 Å². The average Bonchev–Trinajstić information content (AvgIpc) is 3.33. The van der Waals surface area contributed by atoms with Crippen molar-refractivity contribution in [3.05, 3.63) is 122 Å². The van der Waals surface area contributed by atoms with E-state index in [1.807, 2.05) is 12.2 Å². The molecule has 67 heavy (non-hydrogen) atoms. The highest BCUT2D eigenvalue weighted by Crippen LogP contribution is 2.12. The van der Waals surface area contributed by atoms with Crippen LogP contribution in [-0.2, 0) is 28.6 Å². The van der Waals surface area contributed by atoms with Crippen LogP contribution >= 0.6 is 0 Å². The second kappa shape index (κ2) is 54.4. The third-order valence-corrected chi connectivity index (χ3v) is 10.9. The van der Waals surface area contributed by atoms with E-state index in [-0.39, 0.29) is 44.0 Å². The summed E-state index contributed by atoms with van der Waals surface area (Å²) in [5.74, 6) is -1.06. The quantitative estimate of drug-likeness (QED) is 0.0262. The second-order valence-corrected chi connectivity index (χ2v) is 17.4. The summed E-state index contributed by atoms with van der Waals surface area (Å²) in [5, 5.41) is 0. The monoisotopic (exact) mass is 927 g/mol. The summed E-state index contributed by atoms with van der Waals surface area (Å²) in [7, 11) is 0. The molecule has 0 saturated heterocycles. The van der Waals surface area contributed by atoms with Gasteiger partial charge in [-0.3, -0.25) is 14.4 Å². The van der Waals surface area contributed by atoms with Crippen LogP contribution in [0.25, 0.3) is 0 Å². The number of esters is 3. The third-order valence-electron chi connectivity index (χ3n) is 10.9. The Morgan fingerprint density at radius 2 is 0.612 bits per heavy atom. The number of carbonyl (C=O) groups excluding carboxylic acids is 3. The average molecular weight is 927 g/mol. The van der Waals surface area contributed by atoms with Gasteiger partial charge >= 0.3 is 17.9 Å². The SMILES string of the molecule is CC/C=C\C/C=C\C/C=C\C/C=C\C/C=C\C/C=C\CCC(=O)OC[C@H](COC(=O)CCCCCCC/C=C\CCCCCCCC)OC(=O)CCCC/C=C\C/C=C\C/C=C\CCCCC. The van der Waals surface area contributed by atoms with E-state index in [2.05, 4.69) is 130 Å². The number of hydrogen-bond acceptors (Lipinski definition) is 6. The fourth-order valence-electron chi connectivity index (χ4n) is 6.88. The van der Waals surface area contributed by atoms with Gasteiger partial charge in [-0.05, 0) is 122 Å². The van der Waals surface area contributed by atoms with Gasteiger partial charge in [-0.25, -0.2) is 0 Å². The Morgan fingerprint density at radius 1 is 0.313 bits per heavy atom. The maximum Gasteiger partial charge on any atom is 0.306 e. The van der Waals surface area contributed by atoms with E-state index >= 15 is 0 Å². The summed E-state index contributed by atoms with van der Waals surface area (Å²) >= 11 is 0. The van der Waals surface area contributed by atoms with Crippen LogP contribution in [0.4, 0.5) is 0 Å². The molecule has 0 aliphatic carbocycles. The second-order valence-electron chi connectivity index (χ2n) is 17.4. The van der Waals surface area contributed by atoms with Crippen molar-refractivity contribution in [3.8, 4) is 0 Å². The highest BCUT2D eigenvalue weighted by Gasteiger charge is 2.19. The molecule has 0 aromatic heterocycles. The fraction of sp³-hybridized carbons (Fsp3) is 0.623. The Hall–Kier alpha value is -4.19. The van der Waals surface area contributed by atoms with Crippen molar-refractivity contribution < 1.29 is 28.6 Å². The van der Waals surface area contributed by atoms with Crippen molar-refractivity contribution in [3.63, 3.8) is 0 Å². The number of carbonyl (C=O) groups is 3. The molecule has 0 aromatic rings. The first-order valence-electron chi connectivity index (χ1n) is 27.0. The lowest BCUT2D eigenvalue weighted by Crippen LogP contribution is -2.30. The first kappa shape index (κ1) is 62.8. The topological polar surface area (TPSA) is 78.9 Å². The van der Waals surface area contributed by atoms with Crippen LogP contribution in [0.3, 0.4) is 0 Å². The summed E-state index contributed by atoms with van der Waals surface area (Å²) in [6.45, 7) is 6.37. The predicted molar refractivity (Wildman–Crippen MR) is 288 cm³/mol. The molecule has 0 saturated carbocycles. The van der Waals surface area contributed by atoms with Gasteiger partial charge in [0.15, 0.2) is 6.10 Å². The van der Waals surface area contributed by atoms with Crippen molar-refractivity contribution in [1.82, 2.24) is 0 Å². The van der Waals surface area contributed by atoms with Gasteiger partial charge in [-0.15, -0.1) is 0 Å². The molecular formula is C61H98O6. The summed E-state index contributed by atoms with van der Waals surface area (Å²) in [6, 6.07) is 0. The van der Waals surface area contributed by atoms with Gasteiger partial charge < -0.3 is 14.2 Å². The lowest BCUT2D eigenvalue weighted by Gasteiger charge is -2.18. The molecule has 0 aromatic carbocycles. The highest BCUT2D eigenvalue weighted by molar-refractivity contribution is 5.71. The summed E-state index contributed by atoms with van der Waals surface area (Å²) in [4.78, 5) is 38.0. The first-order valence-corrected chi connectivity index (χ1v) is 27.0. The zero-order chi connectivity index (χ0) is 48.6. The van der Waals surface area contributed by atoms with E-state index < -0.39 is 6.10 Å². The van der Waals surface area contributed by atoms with Gasteiger partial charge in [0.1, 0.15) is 13.2 Å².